The van der Waals surface area contributed by atoms with E-state index < -0.39 is 0 Å². The van der Waals surface area contributed by atoms with E-state index in [-0.39, 0.29) is 61.5 Å². The molecule has 4 heavy (non-hydrogen) atoms. The van der Waals surface area contributed by atoms with Crippen molar-refractivity contribution >= 4 is 42.0 Å². The summed E-state index contributed by atoms with van der Waals surface area (Å²) in [5.41, 5.74) is 0. The zero-order chi connectivity index (χ0) is 2.00. The monoisotopic (exact) mass is 274 g/mol. The van der Waals surface area contributed by atoms with Crippen LogP contribution in [0.25, 0.3) is 0 Å². The van der Waals surface area contributed by atoms with E-state index in [9.17, 15) is 0 Å². The maximum atomic E-state index is 8.42. The van der Waals surface area contributed by atoms with E-state index in [1.54, 1.807) is 0 Å². The van der Waals surface area contributed by atoms with Gasteiger partial charge in [0.15, 0.2) is 0 Å². The molecule has 0 aliphatic carbocycles. The van der Waals surface area contributed by atoms with Crippen LogP contribution in [0.5, 0.6) is 0 Å². The fourth-order valence-corrected chi connectivity index (χ4v) is 0. The summed E-state index contributed by atoms with van der Waals surface area (Å²) in [6, 6.07) is 0. The normalized spacial score (nSPS) is 0.750. The van der Waals surface area contributed by atoms with Crippen molar-refractivity contribution in [3.63, 3.8) is 0 Å². The number of hydrogen-bond acceptors (Lipinski definition) is 1. The van der Waals surface area contributed by atoms with Crippen LogP contribution in [0.1, 0.15) is 0 Å². The van der Waals surface area contributed by atoms with E-state index in [4.69, 9.17) is 2.85 Å². The van der Waals surface area contributed by atoms with Gasteiger partial charge >= 0.3 is 44.8 Å². The molecule has 0 aliphatic rings. The van der Waals surface area contributed by atoms with E-state index >= 15 is 0 Å². The molecule has 0 amide bonds. The molecule has 0 saturated carbocycles. The first kappa shape index (κ1) is 17.0. The molecule has 0 aromatic rings. The van der Waals surface area contributed by atoms with Crippen molar-refractivity contribution in [3.05, 3.63) is 0 Å². The third kappa shape index (κ3) is 9.15. The van der Waals surface area contributed by atoms with Crippen LogP contribution < -0.4 is 0 Å². The molecule has 4 heteroatoms. The van der Waals surface area contributed by atoms with Crippen molar-refractivity contribution in [1.29, 1.82) is 0 Å². The Kier molecular flexibility index (Phi) is 89.5. The molecule has 0 heterocycles. The van der Waals surface area contributed by atoms with Gasteiger partial charge in [0.25, 0.3) is 0 Å². The Morgan fingerprint density at radius 3 is 1.25 bits per heavy atom. The van der Waals surface area contributed by atoms with Crippen LogP contribution in [0.2, 0.25) is 0 Å². The van der Waals surface area contributed by atoms with Gasteiger partial charge in [-0.05, 0) is 0 Å². The summed E-state index contributed by atoms with van der Waals surface area (Å²) in [6.45, 7) is 0. The van der Waals surface area contributed by atoms with Crippen LogP contribution in [0, 0.1) is 0 Å². The molecular formula is H5GeInOZn. The molecule has 0 fully saturated rings. The third-order valence-electron chi connectivity index (χ3n) is 0. The molecule has 0 N–H and O–H groups in total. The van der Waals surface area contributed by atoms with Gasteiger partial charge in [-0.15, -0.1) is 0 Å². The Balaban J connectivity index is -0.00000000500. The smallest absolute Gasteiger partial charge is 0 e. The van der Waals surface area contributed by atoms with Crippen molar-refractivity contribution in [3.8, 4) is 0 Å². The molecule has 0 aromatic heterocycles. The van der Waals surface area contributed by atoms with Crippen molar-refractivity contribution in [2.24, 2.45) is 0 Å². The molecule has 0 rings (SSSR count). The molecule has 0 aromatic carbocycles. The summed E-state index contributed by atoms with van der Waals surface area (Å²) < 4.78 is 8.42. The average Bonchev–Trinajstić information content (AvgIpc) is 1.00. The molecule has 0 spiro atoms. The molecule has 20 valence electrons. The number of hydrogen-bond donors (Lipinski definition) is 0. The van der Waals surface area contributed by atoms with Crippen molar-refractivity contribution in [1.82, 2.24) is 0 Å². The van der Waals surface area contributed by atoms with Gasteiger partial charge in [0.1, 0.15) is 0 Å². The van der Waals surface area contributed by atoms with Crippen LogP contribution in [0.15, 0.2) is 0 Å². The van der Waals surface area contributed by atoms with Crippen molar-refractivity contribution < 1.29 is 22.3 Å². The maximum absolute atomic E-state index is 8.42. The molecule has 0 saturated heterocycles. The molecule has 0 unspecified atom stereocenters. The van der Waals surface area contributed by atoms with E-state index in [0.717, 1.165) is 0 Å². The maximum Gasteiger partial charge on any atom is 0 e. The van der Waals surface area contributed by atoms with E-state index in [1.807, 2.05) is 0 Å². The zero-order valence-corrected chi connectivity index (χ0v) is 8.83. The van der Waals surface area contributed by atoms with Gasteiger partial charge in [-0.3, -0.25) is 0 Å². The van der Waals surface area contributed by atoms with Gasteiger partial charge in [0.05, 0.1) is 0 Å². The fraction of sp³-hybridized carbons (Fsp3) is 0. The van der Waals surface area contributed by atoms with Crippen LogP contribution in [-0.4, -0.2) is 42.0 Å². The summed E-state index contributed by atoms with van der Waals surface area (Å²) in [6.07, 6.45) is 0. The van der Waals surface area contributed by atoms with Crippen LogP contribution in [-0.2, 0) is 22.3 Å². The second-order valence-corrected chi connectivity index (χ2v) is 0. The van der Waals surface area contributed by atoms with Crippen molar-refractivity contribution in [2.45, 2.75) is 0 Å². The second kappa shape index (κ2) is 21.1. The van der Waals surface area contributed by atoms with Gasteiger partial charge in [0, 0.05) is 19.5 Å². The Morgan fingerprint density at radius 2 is 1.25 bits per heavy atom. The molecule has 0 aliphatic heterocycles. The molecular weight excluding hydrogens is 269 g/mol. The predicted octanol–water partition coefficient (Wildman–Crippen LogP) is -2.22. The van der Waals surface area contributed by atoms with Gasteiger partial charge in [0.2, 0.25) is 0 Å². The summed E-state index contributed by atoms with van der Waals surface area (Å²) in [5, 5.41) is 0. The SMILES string of the molecule is [GeH4].[O]=[InH].[Zn]. The van der Waals surface area contributed by atoms with E-state index in [2.05, 4.69) is 0 Å². The molecule has 0 atom stereocenters. The van der Waals surface area contributed by atoms with E-state index in [0.29, 0.717) is 0 Å². The zero-order valence-electron chi connectivity index (χ0n) is 1.82. The van der Waals surface area contributed by atoms with Crippen LogP contribution >= 0.6 is 0 Å². The van der Waals surface area contributed by atoms with Crippen molar-refractivity contribution in [2.75, 3.05) is 0 Å². The largest absolute Gasteiger partial charge is 0 e. The minimum atomic E-state index is -0.1000. The predicted molar refractivity (Wildman–Crippen MR) is 19.2 cm³/mol. The number of rotatable bonds is 0. The fourth-order valence-electron chi connectivity index (χ4n) is 0. The molecule has 0 bridgehead atoms. The third-order valence-corrected chi connectivity index (χ3v) is 0. The minimum absolute atomic E-state index is 0. The Labute approximate surface area is 63.6 Å². The Hall–Kier alpha value is 1.84. The standard InChI is InChI=1S/GeH4.In.O.Zn.H/h1H4;;;;. The Bertz CT molecular complexity index is 8.00. The van der Waals surface area contributed by atoms with Gasteiger partial charge in [-0.2, -0.15) is 0 Å². The van der Waals surface area contributed by atoms with Crippen LogP contribution in [0.3, 0.4) is 0 Å². The summed E-state index contributed by atoms with van der Waals surface area (Å²) in [4.78, 5) is 0. The topological polar surface area (TPSA) is 17.1 Å². The molecule has 1 nitrogen and oxygen atoms in total. The first-order valence-corrected chi connectivity index (χ1v) is 1.94. The van der Waals surface area contributed by atoms with Gasteiger partial charge < -0.3 is 0 Å². The van der Waals surface area contributed by atoms with Gasteiger partial charge in [-0.25, -0.2) is 0 Å². The Morgan fingerprint density at radius 1 is 1.25 bits per heavy atom. The minimum Gasteiger partial charge on any atom is 0 e. The quantitative estimate of drug-likeness (QED) is 0.457. The first-order valence-electron chi connectivity index (χ1n) is 0.289. The summed E-state index contributed by atoms with van der Waals surface area (Å²) >= 11 is -0.1000. The van der Waals surface area contributed by atoms with Gasteiger partial charge in [-0.1, -0.05) is 0 Å². The molecule has 0 radical (unpaired) electrons. The first-order chi connectivity index (χ1) is 1.00. The van der Waals surface area contributed by atoms with Crippen LogP contribution in [0.4, 0.5) is 0 Å². The van der Waals surface area contributed by atoms with E-state index in [1.165, 1.54) is 0 Å². The average molecular weight is 274 g/mol. The summed E-state index contributed by atoms with van der Waals surface area (Å²) in [5.74, 6) is 0. The summed E-state index contributed by atoms with van der Waals surface area (Å²) in [7, 11) is 0. The second-order valence-electron chi connectivity index (χ2n) is 0.